The van der Waals surface area contributed by atoms with Crippen LogP contribution in [0.2, 0.25) is 0 Å². The van der Waals surface area contributed by atoms with Gasteiger partial charge in [0, 0.05) is 26.4 Å². The predicted molar refractivity (Wildman–Crippen MR) is 118 cm³/mol. The maximum absolute atomic E-state index is 13.0. The summed E-state index contributed by atoms with van der Waals surface area (Å²) in [6.45, 7) is -0.0309. The average molecular weight is 462 g/mol. The van der Waals surface area contributed by atoms with Gasteiger partial charge in [0.2, 0.25) is 5.95 Å². The molecule has 0 aliphatic rings. The quantitative estimate of drug-likeness (QED) is 0.353. The zero-order chi connectivity index (χ0) is 23.3. The van der Waals surface area contributed by atoms with Crippen LogP contribution >= 0.6 is 11.8 Å². The third-order valence-electron chi connectivity index (χ3n) is 4.41. The molecule has 1 aromatic heterocycles. The van der Waals surface area contributed by atoms with Crippen molar-refractivity contribution in [2.45, 2.75) is 23.5 Å². The molecule has 0 saturated heterocycles. The van der Waals surface area contributed by atoms with Gasteiger partial charge < -0.3 is 15.3 Å². The minimum atomic E-state index is -4.46. The van der Waals surface area contributed by atoms with E-state index in [1.54, 1.807) is 19.0 Å². The van der Waals surface area contributed by atoms with Crippen molar-refractivity contribution >= 4 is 29.5 Å². The molecule has 3 rings (SSSR count). The molecule has 0 amide bonds. The summed E-state index contributed by atoms with van der Waals surface area (Å²) < 4.78 is 39.0. The molecule has 0 radical (unpaired) electrons. The van der Waals surface area contributed by atoms with Crippen LogP contribution < -0.4 is 10.2 Å². The number of benzene rings is 2. The van der Waals surface area contributed by atoms with E-state index in [0.717, 1.165) is 17.7 Å². The highest BCUT2D eigenvalue weighted by atomic mass is 32.2. The smallest absolute Gasteiger partial charge is 0.416 e. The molecule has 0 spiro atoms. The number of aromatic carboxylic acids is 1. The molecule has 2 aromatic carbocycles. The second-order valence-electron chi connectivity index (χ2n) is 7.08. The molecular formula is C22H21F3N4O2S. The lowest BCUT2D eigenvalue weighted by molar-refractivity contribution is -0.137. The molecule has 0 bridgehead atoms. The Labute approximate surface area is 187 Å². The van der Waals surface area contributed by atoms with Crippen LogP contribution in [-0.4, -0.2) is 35.1 Å². The number of alkyl halides is 3. The Kier molecular flexibility index (Phi) is 7.24. The fourth-order valence-corrected chi connectivity index (χ4v) is 3.79. The minimum absolute atomic E-state index is 0.0309. The summed E-state index contributed by atoms with van der Waals surface area (Å²) in [7, 11) is 3.44. The number of thioether (sulfide) groups is 1. The molecule has 0 aliphatic carbocycles. The standard InChI is InChI=1S/C22H21F3N4O2S/c1-29(2)21-27-18(26-12-15-9-6-10-16(11-15)22(23,24)25)17(20(30)31)19(28-21)32-13-14-7-4-3-5-8-14/h3-11H,12-13H2,1-2H3,(H,30,31)(H,26,27,28). The number of carboxylic acid groups (broad SMARTS) is 1. The highest BCUT2D eigenvalue weighted by Gasteiger charge is 2.30. The highest BCUT2D eigenvalue weighted by Crippen LogP contribution is 2.32. The molecule has 10 heteroatoms. The van der Waals surface area contributed by atoms with E-state index in [0.29, 0.717) is 11.3 Å². The van der Waals surface area contributed by atoms with E-state index < -0.39 is 17.7 Å². The first-order valence-corrected chi connectivity index (χ1v) is 10.5. The predicted octanol–water partition coefficient (Wildman–Crippen LogP) is 5.16. The van der Waals surface area contributed by atoms with Crippen molar-refractivity contribution in [2.24, 2.45) is 0 Å². The van der Waals surface area contributed by atoms with Gasteiger partial charge in [-0.2, -0.15) is 18.2 Å². The summed E-state index contributed by atoms with van der Waals surface area (Å²) in [5.74, 6) is -0.392. The highest BCUT2D eigenvalue weighted by molar-refractivity contribution is 7.98. The second kappa shape index (κ2) is 9.90. The van der Waals surface area contributed by atoms with E-state index in [9.17, 15) is 23.1 Å². The SMILES string of the molecule is CN(C)c1nc(NCc2cccc(C(F)(F)F)c2)c(C(=O)O)c(SCc2ccccc2)n1. The summed E-state index contributed by atoms with van der Waals surface area (Å²) in [6, 6.07) is 14.4. The lowest BCUT2D eigenvalue weighted by Gasteiger charge is -2.17. The number of hydrogen-bond acceptors (Lipinski definition) is 6. The van der Waals surface area contributed by atoms with Crippen LogP contribution in [-0.2, 0) is 18.5 Å². The number of halogens is 3. The summed E-state index contributed by atoms with van der Waals surface area (Å²) in [6.07, 6.45) is -4.46. The summed E-state index contributed by atoms with van der Waals surface area (Å²) in [5, 5.41) is 13.0. The molecule has 0 atom stereocenters. The Balaban J connectivity index is 1.91. The molecule has 168 valence electrons. The molecule has 0 saturated carbocycles. The van der Waals surface area contributed by atoms with Crippen molar-refractivity contribution in [3.05, 3.63) is 76.9 Å². The third kappa shape index (κ3) is 5.91. The van der Waals surface area contributed by atoms with Crippen molar-refractivity contribution in [3.8, 4) is 0 Å². The van der Waals surface area contributed by atoms with Crippen LogP contribution in [0, 0.1) is 0 Å². The minimum Gasteiger partial charge on any atom is -0.477 e. The van der Waals surface area contributed by atoms with Crippen molar-refractivity contribution < 1.29 is 23.1 Å². The van der Waals surface area contributed by atoms with Gasteiger partial charge in [-0.05, 0) is 23.3 Å². The Morgan fingerprint density at radius 1 is 1.06 bits per heavy atom. The van der Waals surface area contributed by atoms with Gasteiger partial charge in [0.15, 0.2) is 0 Å². The number of carboxylic acids is 1. The Bertz CT molecular complexity index is 1090. The molecule has 32 heavy (non-hydrogen) atoms. The van der Waals surface area contributed by atoms with E-state index in [1.807, 2.05) is 30.3 Å². The number of nitrogens with one attached hydrogen (secondary N) is 1. The van der Waals surface area contributed by atoms with E-state index in [2.05, 4.69) is 15.3 Å². The zero-order valence-electron chi connectivity index (χ0n) is 17.3. The Hall–Kier alpha value is -3.27. The van der Waals surface area contributed by atoms with E-state index in [4.69, 9.17) is 0 Å². The maximum atomic E-state index is 13.0. The van der Waals surface area contributed by atoms with Crippen LogP contribution in [0.4, 0.5) is 24.9 Å². The van der Waals surface area contributed by atoms with Crippen LogP contribution in [0.3, 0.4) is 0 Å². The van der Waals surface area contributed by atoms with Gasteiger partial charge in [0.05, 0.1) is 5.56 Å². The topological polar surface area (TPSA) is 78.4 Å². The lowest BCUT2D eigenvalue weighted by atomic mass is 10.1. The van der Waals surface area contributed by atoms with Crippen LogP contribution in [0.1, 0.15) is 27.0 Å². The van der Waals surface area contributed by atoms with Crippen molar-refractivity contribution in [3.63, 3.8) is 0 Å². The molecule has 0 fully saturated rings. The van der Waals surface area contributed by atoms with Crippen molar-refractivity contribution in [1.29, 1.82) is 0 Å². The van der Waals surface area contributed by atoms with Gasteiger partial charge in [-0.1, -0.05) is 42.5 Å². The van der Waals surface area contributed by atoms with Gasteiger partial charge in [0.1, 0.15) is 16.4 Å². The first-order chi connectivity index (χ1) is 15.1. The lowest BCUT2D eigenvalue weighted by Crippen LogP contribution is -2.18. The monoisotopic (exact) mass is 462 g/mol. The molecule has 0 unspecified atom stereocenters. The van der Waals surface area contributed by atoms with Crippen molar-refractivity contribution in [1.82, 2.24) is 9.97 Å². The number of hydrogen-bond donors (Lipinski definition) is 2. The molecule has 2 N–H and O–H groups in total. The third-order valence-corrected chi connectivity index (χ3v) is 5.46. The van der Waals surface area contributed by atoms with Gasteiger partial charge in [-0.3, -0.25) is 0 Å². The number of anilines is 2. The van der Waals surface area contributed by atoms with E-state index in [1.165, 1.54) is 23.9 Å². The normalized spacial score (nSPS) is 11.3. The number of carbonyl (C=O) groups is 1. The van der Waals surface area contributed by atoms with Crippen molar-refractivity contribution in [2.75, 3.05) is 24.3 Å². The zero-order valence-corrected chi connectivity index (χ0v) is 18.2. The average Bonchev–Trinajstić information content (AvgIpc) is 2.76. The van der Waals surface area contributed by atoms with Gasteiger partial charge in [0.25, 0.3) is 0 Å². The summed E-state index contributed by atoms with van der Waals surface area (Å²) in [5.41, 5.74) is 0.450. The first kappa shape index (κ1) is 23.4. The first-order valence-electron chi connectivity index (χ1n) is 9.54. The van der Waals surface area contributed by atoms with Gasteiger partial charge in [-0.15, -0.1) is 11.8 Å². The van der Waals surface area contributed by atoms with E-state index >= 15 is 0 Å². The van der Waals surface area contributed by atoms with Gasteiger partial charge >= 0.3 is 12.1 Å². The largest absolute Gasteiger partial charge is 0.477 e. The van der Waals surface area contributed by atoms with Crippen LogP contribution in [0.15, 0.2) is 59.6 Å². The fourth-order valence-electron chi connectivity index (χ4n) is 2.82. The van der Waals surface area contributed by atoms with Crippen LogP contribution in [0.25, 0.3) is 0 Å². The Morgan fingerprint density at radius 2 is 1.75 bits per heavy atom. The number of nitrogens with zero attached hydrogens (tertiary/aromatic N) is 3. The fraction of sp³-hybridized carbons (Fsp3) is 0.227. The van der Waals surface area contributed by atoms with E-state index in [-0.39, 0.29) is 28.9 Å². The molecule has 0 aliphatic heterocycles. The summed E-state index contributed by atoms with van der Waals surface area (Å²) in [4.78, 5) is 22.3. The Morgan fingerprint density at radius 3 is 2.38 bits per heavy atom. The van der Waals surface area contributed by atoms with Gasteiger partial charge in [-0.25, -0.2) is 9.78 Å². The molecule has 3 aromatic rings. The molecule has 1 heterocycles. The maximum Gasteiger partial charge on any atom is 0.416 e. The molecule has 6 nitrogen and oxygen atoms in total. The van der Waals surface area contributed by atoms with Crippen LogP contribution in [0.5, 0.6) is 0 Å². The number of aromatic nitrogens is 2. The molecular weight excluding hydrogens is 441 g/mol. The number of rotatable bonds is 8. The second-order valence-corrected chi connectivity index (χ2v) is 8.04. The summed E-state index contributed by atoms with van der Waals surface area (Å²) >= 11 is 1.25.